The van der Waals surface area contributed by atoms with Crippen molar-refractivity contribution in [3.05, 3.63) is 58.6 Å². The Balaban J connectivity index is 0.000000164. The molecule has 4 aromatic heterocycles. The van der Waals surface area contributed by atoms with E-state index in [-0.39, 0.29) is 5.82 Å². The van der Waals surface area contributed by atoms with E-state index in [2.05, 4.69) is 58.8 Å². The average molecular weight is 829 g/mol. The van der Waals surface area contributed by atoms with Crippen LogP contribution in [-0.4, -0.2) is 122 Å². The van der Waals surface area contributed by atoms with Crippen molar-refractivity contribution >= 4 is 54.7 Å². The van der Waals surface area contributed by atoms with Crippen LogP contribution in [0.4, 0.5) is 16.0 Å². The summed E-state index contributed by atoms with van der Waals surface area (Å²) in [6, 6.07) is 6.78. The van der Waals surface area contributed by atoms with Crippen LogP contribution in [0.2, 0.25) is 0 Å². The first-order chi connectivity index (χ1) is 28.5. The number of aryl methyl sites for hydroxylation is 2. The Kier molecular flexibility index (Phi) is 14.5. The van der Waals surface area contributed by atoms with Crippen LogP contribution >= 0.6 is 22.7 Å². The lowest BCUT2D eigenvalue weighted by Gasteiger charge is -2.33. The van der Waals surface area contributed by atoms with Crippen molar-refractivity contribution in [2.45, 2.75) is 71.6 Å². The van der Waals surface area contributed by atoms with Gasteiger partial charge in [-0.25, -0.2) is 24.3 Å². The van der Waals surface area contributed by atoms with E-state index in [0.717, 1.165) is 123 Å². The fourth-order valence-electron chi connectivity index (χ4n) is 9.24. The summed E-state index contributed by atoms with van der Waals surface area (Å²) in [6.07, 6.45) is 14.4. The van der Waals surface area contributed by atoms with Gasteiger partial charge in [0, 0.05) is 68.3 Å². The first kappa shape index (κ1) is 41.4. The summed E-state index contributed by atoms with van der Waals surface area (Å²) in [5.41, 5.74) is 3.32. The van der Waals surface area contributed by atoms with Crippen molar-refractivity contribution in [2.24, 2.45) is 11.8 Å². The van der Waals surface area contributed by atoms with Crippen LogP contribution in [0.5, 0.6) is 0 Å². The Labute approximate surface area is 351 Å². The molecular weight excluding hydrogens is 768 g/mol. The van der Waals surface area contributed by atoms with E-state index in [4.69, 9.17) is 9.47 Å². The summed E-state index contributed by atoms with van der Waals surface area (Å²) in [4.78, 5) is 31.6. The molecule has 5 aromatic rings. The van der Waals surface area contributed by atoms with Gasteiger partial charge in [-0.1, -0.05) is 19.1 Å². The molecule has 0 bridgehead atoms. The predicted molar refractivity (Wildman–Crippen MR) is 237 cm³/mol. The van der Waals surface area contributed by atoms with Crippen LogP contribution in [-0.2, 0) is 15.9 Å². The standard InChI is InChI=1S/C24H29FN4OS.C21H32N4OS/c25-20-5-3-4-19(14-20)21-16-31-24-22(21)23(26-17-27-24)29-10-6-18(7-11-29)15-30-13-12-28-8-1-2-9-28;1-3-18-16(2)27-21-19(18)20(22-15-23-21)25-10-6-17(7-11-25)14-26-13-12-24-8-4-5-9-24/h3-5,14,16-18H,1-2,6-13,15H2;15,17H,3-14H2,1-2H3. The number of benzene rings is 1. The molecule has 0 unspecified atom stereocenters. The maximum absolute atomic E-state index is 13.8. The highest BCUT2D eigenvalue weighted by molar-refractivity contribution is 7.19. The number of nitrogens with zero attached hydrogens (tertiary/aromatic N) is 8. The highest BCUT2D eigenvalue weighted by Crippen LogP contribution is 2.39. The molecule has 4 aliphatic heterocycles. The number of rotatable bonds is 14. The zero-order valence-corrected chi connectivity index (χ0v) is 36.2. The molecule has 58 heavy (non-hydrogen) atoms. The van der Waals surface area contributed by atoms with Gasteiger partial charge in [0.05, 0.1) is 24.0 Å². The number of hydrogen-bond acceptors (Lipinski definition) is 12. The summed E-state index contributed by atoms with van der Waals surface area (Å²) < 4.78 is 25.8. The zero-order chi connectivity index (χ0) is 39.7. The second kappa shape index (κ2) is 20.3. The van der Waals surface area contributed by atoms with E-state index in [0.29, 0.717) is 11.8 Å². The molecule has 13 heteroatoms. The molecule has 312 valence electrons. The van der Waals surface area contributed by atoms with Gasteiger partial charge in [-0.3, -0.25) is 0 Å². The number of likely N-dealkylation sites (tertiary alicyclic amines) is 2. The fourth-order valence-corrected chi connectivity index (χ4v) is 11.2. The quantitative estimate of drug-likeness (QED) is 0.101. The van der Waals surface area contributed by atoms with E-state index < -0.39 is 0 Å². The van der Waals surface area contributed by atoms with Gasteiger partial charge in [-0.15, -0.1) is 22.7 Å². The molecule has 4 fully saturated rings. The van der Waals surface area contributed by atoms with Crippen LogP contribution in [0.1, 0.15) is 68.7 Å². The van der Waals surface area contributed by atoms with Crippen molar-refractivity contribution in [3.8, 4) is 11.1 Å². The second-order valence-electron chi connectivity index (χ2n) is 16.5. The zero-order valence-electron chi connectivity index (χ0n) is 34.5. The van der Waals surface area contributed by atoms with Gasteiger partial charge in [-0.05, 0) is 126 Å². The molecule has 4 aliphatic rings. The Bertz CT molecular complexity index is 2050. The van der Waals surface area contributed by atoms with E-state index >= 15 is 0 Å². The van der Waals surface area contributed by atoms with Gasteiger partial charge < -0.3 is 29.1 Å². The molecule has 4 saturated heterocycles. The lowest BCUT2D eigenvalue weighted by Crippen LogP contribution is -2.36. The summed E-state index contributed by atoms with van der Waals surface area (Å²) in [7, 11) is 0. The van der Waals surface area contributed by atoms with Gasteiger partial charge in [0.2, 0.25) is 0 Å². The lowest BCUT2D eigenvalue weighted by atomic mass is 9.97. The number of hydrogen-bond donors (Lipinski definition) is 0. The molecule has 0 amide bonds. The van der Waals surface area contributed by atoms with Crippen molar-refractivity contribution in [2.75, 3.05) is 102 Å². The topological polar surface area (TPSA) is 83.0 Å². The van der Waals surface area contributed by atoms with Gasteiger partial charge in [0.15, 0.2) is 0 Å². The Morgan fingerprint density at radius 1 is 0.707 bits per heavy atom. The molecule has 0 aliphatic carbocycles. The molecule has 9 rings (SSSR count). The maximum Gasteiger partial charge on any atom is 0.141 e. The monoisotopic (exact) mass is 828 g/mol. The summed E-state index contributed by atoms with van der Waals surface area (Å²) in [6.45, 7) is 19.2. The summed E-state index contributed by atoms with van der Waals surface area (Å²) >= 11 is 3.40. The number of halogens is 1. The number of fused-ring (bicyclic) bond motifs is 2. The van der Waals surface area contributed by atoms with Crippen molar-refractivity contribution < 1.29 is 13.9 Å². The highest BCUT2D eigenvalue weighted by Gasteiger charge is 2.26. The minimum atomic E-state index is -0.221. The molecule has 1 aromatic carbocycles. The molecular formula is C45H61FN8O2S2. The molecule has 8 heterocycles. The van der Waals surface area contributed by atoms with Crippen molar-refractivity contribution in [1.82, 2.24) is 29.7 Å². The fraction of sp³-hybridized carbons (Fsp3) is 0.600. The molecule has 0 radical (unpaired) electrons. The first-order valence-electron chi connectivity index (χ1n) is 21.8. The van der Waals surface area contributed by atoms with Gasteiger partial charge in [-0.2, -0.15) is 0 Å². The maximum atomic E-state index is 13.8. The van der Waals surface area contributed by atoms with Gasteiger partial charge >= 0.3 is 0 Å². The third-order valence-electron chi connectivity index (χ3n) is 12.6. The molecule has 0 saturated carbocycles. The van der Waals surface area contributed by atoms with Crippen molar-refractivity contribution in [1.29, 1.82) is 0 Å². The van der Waals surface area contributed by atoms with Gasteiger partial charge in [0.25, 0.3) is 0 Å². The second-order valence-corrected chi connectivity index (χ2v) is 18.6. The van der Waals surface area contributed by atoms with Gasteiger partial charge in [0.1, 0.15) is 39.8 Å². The first-order valence-corrected chi connectivity index (χ1v) is 23.5. The van der Waals surface area contributed by atoms with Crippen LogP contribution in [0.3, 0.4) is 0 Å². The van der Waals surface area contributed by atoms with Crippen LogP contribution in [0, 0.1) is 24.6 Å². The van der Waals surface area contributed by atoms with Crippen molar-refractivity contribution in [3.63, 3.8) is 0 Å². The highest BCUT2D eigenvalue weighted by atomic mass is 32.1. The Hall–Kier alpha value is -3.33. The normalized spacial score (nSPS) is 18.8. The van der Waals surface area contributed by atoms with Crippen LogP contribution in [0.15, 0.2) is 42.3 Å². The lowest BCUT2D eigenvalue weighted by molar-refractivity contribution is 0.0752. The minimum Gasteiger partial charge on any atom is -0.380 e. The van der Waals surface area contributed by atoms with E-state index in [1.54, 1.807) is 47.5 Å². The molecule has 0 spiro atoms. The largest absolute Gasteiger partial charge is 0.380 e. The number of thiophene rings is 2. The molecule has 0 atom stereocenters. The molecule has 10 nitrogen and oxygen atoms in total. The number of anilines is 2. The van der Waals surface area contributed by atoms with E-state index in [9.17, 15) is 4.39 Å². The summed E-state index contributed by atoms with van der Waals surface area (Å²) in [5.74, 6) is 3.19. The van der Waals surface area contributed by atoms with E-state index in [1.807, 2.05) is 6.07 Å². The predicted octanol–water partition coefficient (Wildman–Crippen LogP) is 8.72. The molecule has 0 N–H and O–H groups in total. The number of aromatic nitrogens is 4. The van der Waals surface area contributed by atoms with Crippen LogP contribution < -0.4 is 9.80 Å². The number of piperidine rings is 2. The number of ether oxygens (including phenoxy) is 2. The Morgan fingerprint density at radius 3 is 1.81 bits per heavy atom. The van der Waals surface area contributed by atoms with E-state index in [1.165, 1.54) is 86.6 Å². The summed E-state index contributed by atoms with van der Waals surface area (Å²) in [5, 5.41) is 4.40. The third kappa shape index (κ3) is 10.2. The third-order valence-corrected chi connectivity index (χ3v) is 14.6. The SMILES string of the molecule is CCc1c(C)sc2ncnc(N3CCC(COCCN4CCCC4)CC3)c12.Fc1cccc(-c2csc3ncnc(N4CCC(COCCN5CCCC5)CC4)c23)c1. The Morgan fingerprint density at radius 2 is 1.26 bits per heavy atom. The minimum absolute atomic E-state index is 0.221. The van der Waals surface area contributed by atoms with Crippen LogP contribution in [0.25, 0.3) is 31.6 Å². The average Bonchev–Trinajstić information content (AvgIpc) is 4.09. The smallest absolute Gasteiger partial charge is 0.141 e.